The molecule has 0 fully saturated rings. The van der Waals surface area contributed by atoms with Crippen LogP contribution in [0, 0.1) is 10.1 Å². The minimum Gasteiger partial charge on any atom is -0.382 e. The summed E-state index contributed by atoms with van der Waals surface area (Å²) in [6.07, 6.45) is 0. The molecule has 2 aromatic rings. The molecule has 2 rings (SSSR count). The number of nitrogens with zero attached hydrogens (tertiary/aromatic N) is 1. The first kappa shape index (κ1) is 17.9. The zero-order valence-corrected chi connectivity index (χ0v) is 14.5. The lowest BCUT2D eigenvalue weighted by Gasteiger charge is -2.19. The van der Waals surface area contributed by atoms with Gasteiger partial charge in [0.25, 0.3) is 5.69 Å². The fourth-order valence-electron chi connectivity index (χ4n) is 2.10. The molecule has 0 aliphatic rings. The molecule has 0 N–H and O–H groups in total. The lowest BCUT2D eigenvalue weighted by atomic mass is 9.87. The Hall–Kier alpha value is -2.41. The molecule has 0 saturated carbocycles. The van der Waals surface area contributed by atoms with Gasteiger partial charge in [0.15, 0.2) is 0 Å². The van der Waals surface area contributed by atoms with Crippen molar-refractivity contribution >= 4 is 15.8 Å². The van der Waals surface area contributed by atoms with Gasteiger partial charge in [-0.05, 0) is 28.7 Å². The highest BCUT2D eigenvalue weighted by atomic mass is 32.2. The topological polar surface area (TPSA) is 86.5 Å². The molecule has 0 atom stereocenters. The van der Waals surface area contributed by atoms with E-state index in [1.54, 1.807) is 12.1 Å². The Morgan fingerprint density at radius 1 is 1.00 bits per heavy atom. The lowest BCUT2D eigenvalue weighted by molar-refractivity contribution is -0.384. The number of hydrogen-bond acceptors (Lipinski definition) is 5. The minimum absolute atomic E-state index is 0.0316. The molecule has 0 aromatic heterocycles. The second-order valence-corrected chi connectivity index (χ2v) is 8.05. The Bertz CT molecular complexity index is 819. The Labute approximate surface area is 141 Å². The Balaban J connectivity index is 2.09. The van der Waals surface area contributed by atoms with E-state index in [4.69, 9.17) is 4.18 Å². The first-order valence-corrected chi connectivity index (χ1v) is 8.91. The fraction of sp³-hybridized carbons (Fsp3) is 0.294. The predicted octanol–water partition coefficient (Wildman–Crippen LogP) is 3.80. The van der Waals surface area contributed by atoms with E-state index in [-0.39, 0.29) is 22.6 Å². The van der Waals surface area contributed by atoms with Gasteiger partial charge in [0, 0.05) is 12.1 Å². The molecule has 0 bridgehead atoms. The highest BCUT2D eigenvalue weighted by Gasteiger charge is 2.17. The standard InChI is InChI=1S/C17H19NO5S/c1-17(2,3)14-6-10-16(11-7-14)23-24(21,22)12-13-4-8-15(9-5-13)18(19)20/h4-11H,12H2,1-3H3. The molecule has 7 heteroatoms. The van der Waals surface area contributed by atoms with Crippen molar-refractivity contribution in [1.82, 2.24) is 0 Å². The van der Waals surface area contributed by atoms with Crippen LogP contribution in [0.3, 0.4) is 0 Å². The summed E-state index contributed by atoms with van der Waals surface area (Å²) < 4.78 is 29.3. The van der Waals surface area contributed by atoms with Gasteiger partial charge < -0.3 is 4.18 Å². The van der Waals surface area contributed by atoms with Crippen LogP contribution in [0.4, 0.5) is 5.69 Å². The highest BCUT2D eigenvalue weighted by molar-refractivity contribution is 7.86. The molecule has 6 nitrogen and oxygen atoms in total. The summed E-state index contributed by atoms with van der Waals surface area (Å²) in [7, 11) is -3.84. The lowest BCUT2D eigenvalue weighted by Crippen LogP contribution is -2.13. The van der Waals surface area contributed by atoms with Crippen LogP contribution in [0.5, 0.6) is 5.75 Å². The van der Waals surface area contributed by atoms with Crippen molar-refractivity contribution in [2.45, 2.75) is 31.9 Å². The van der Waals surface area contributed by atoms with E-state index in [1.807, 2.05) is 12.1 Å². The number of benzene rings is 2. The summed E-state index contributed by atoms with van der Waals surface area (Å²) in [5.74, 6) is -0.114. The van der Waals surface area contributed by atoms with Crippen LogP contribution in [0.1, 0.15) is 31.9 Å². The molecular weight excluding hydrogens is 330 g/mol. The third kappa shape index (κ3) is 4.79. The van der Waals surface area contributed by atoms with Crippen LogP contribution in [0.25, 0.3) is 0 Å². The largest absolute Gasteiger partial charge is 0.382 e. The molecule has 0 unspecified atom stereocenters. The van der Waals surface area contributed by atoms with E-state index < -0.39 is 15.0 Å². The van der Waals surface area contributed by atoms with E-state index in [0.29, 0.717) is 5.56 Å². The summed E-state index contributed by atoms with van der Waals surface area (Å²) in [5.41, 5.74) is 1.38. The average Bonchev–Trinajstić information content (AvgIpc) is 2.46. The van der Waals surface area contributed by atoms with Crippen LogP contribution >= 0.6 is 0 Å². The van der Waals surface area contributed by atoms with Crippen LogP contribution in [-0.2, 0) is 21.3 Å². The van der Waals surface area contributed by atoms with Crippen molar-refractivity contribution < 1.29 is 17.5 Å². The number of nitro groups is 1. The third-order valence-electron chi connectivity index (χ3n) is 3.43. The smallest absolute Gasteiger partial charge is 0.313 e. The number of hydrogen-bond donors (Lipinski definition) is 0. The molecule has 0 saturated heterocycles. The number of non-ortho nitro benzene ring substituents is 1. The van der Waals surface area contributed by atoms with Gasteiger partial charge in [-0.15, -0.1) is 0 Å². The first-order chi connectivity index (χ1) is 11.1. The summed E-state index contributed by atoms with van der Waals surface area (Å²) in [6, 6.07) is 12.2. The van der Waals surface area contributed by atoms with Gasteiger partial charge in [0.2, 0.25) is 0 Å². The summed E-state index contributed by atoms with van der Waals surface area (Å²) >= 11 is 0. The van der Waals surface area contributed by atoms with Gasteiger partial charge in [0.1, 0.15) is 11.5 Å². The Morgan fingerprint density at radius 2 is 1.54 bits per heavy atom. The van der Waals surface area contributed by atoms with Crippen molar-refractivity contribution in [3.63, 3.8) is 0 Å². The van der Waals surface area contributed by atoms with Gasteiger partial charge in [-0.25, -0.2) is 0 Å². The second kappa shape index (κ2) is 6.60. The maximum absolute atomic E-state index is 12.1. The molecule has 0 heterocycles. The van der Waals surface area contributed by atoms with E-state index in [0.717, 1.165) is 5.56 Å². The molecule has 0 aliphatic heterocycles. The van der Waals surface area contributed by atoms with Gasteiger partial charge in [-0.1, -0.05) is 45.0 Å². The molecule has 24 heavy (non-hydrogen) atoms. The van der Waals surface area contributed by atoms with Gasteiger partial charge in [0.05, 0.1) is 4.92 Å². The fourth-order valence-corrected chi connectivity index (χ4v) is 3.17. The number of rotatable bonds is 5. The van der Waals surface area contributed by atoms with Crippen LogP contribution in [0.15, 0.2) is 48.5 Å². The van der Waals surface area contributed by atoms with E-state index >= 15 is 0 Å². The minimum atomic E-state index is -3.84. The van der Waals surface area contributed by atoms with Crippen molar-refractivity contribution in [3.05, 3.63) is 69.8 Å². The summed E-state index contributed by atoms with van der Waals surface area (Å²) in [6.45, 7) is 6.19. The summed E-state index contributed by atoms with van der Waals surface area (Å²) in [5, 5.41) is 10.6. The molecule has 0 amide bonds. The maximum Gasteiger partial charge on any atom is 0.313 e. The third-order valence-corrected chi connectivity index (χ3v) is 4.57. The van der Waals surface area contributed by atoms with Crippen LogP contribution in [-0.4, -0.2) is 13.3 Å². The predicted molar refractivity (Wildman–Crippen MR) is 91.5 cm³/mol. The average molecular weight is 349 g/mol. The van der Waals surface area contributed by atoms with Crippen molar-refractivity contribution in [2.75, 3.05) is 0 Å². The van der Waals surface area contributed by atoms with Gasteiger partial charge in [-0.3, -0.25) is 10.1 Å². The quantitative estimate of drug-likeness (QED) is 0.465. The van der Waals surface area contributed by atoms with Crippen molar-refractivity contribution in [2.24, 2.45) is 0 Å². The SMILES string of the molecule is CC(C)(C)c1ccc(OS(=O)(=O)Cc2ccc([N+](=O)[O-])cc2)cc1. The molecule has 2 aromatic carbocycles. The second-order valence-electron chi connectivity index (χ2n) is 6.48. The van der Waals surface area contributed by atoms with Crippen molar-refractivity contribution in [1.29, 1.82) is 0 Å². The first-order valence-electron chi connectivity index (χ1n) is 7.33. The summed E-state index contributed by atoms with van der Waals surface area (Å²) in [4.78, 5) is 10.1. The molecular formula is C17H19NO5S. The van der Waals surface area contributed by atoms with E-state index in [2.05, 4.69) is 20.8 Å². The molecule has 0 spiro atoms. The van der Waals surface area contributed by atoms with Gasteiger partial charge in [-0.2, -0.15) is 8.42 Å². The number of nitro benzene ring substituents is 1. The van der Waals surface area contributed by atoms with Crippen molar-refractivity contribution in [3.8, 4) is 5.75 Å². The van der Waals surface area contributed by atoms with E-state index in [9.17, 15) is 18.5 Å². The monoisotopic (exact) mass is 349 g/mol. The Kier molecular flexibility index (Phi) is 4.94. The molecule has 128 valence electrons. The Morgan fingerprint density at radius 3 is 2.00 bits per heavy atom. The molecule has 0 radical (unpaired) electrons. The normalized spacial score (nSPS) is 12.0. The van der Waals surface area contributed by atoms with Crippen LogP contribution < -0.4 is 4.18 Å². The van der Waals surface area contributed by atoms with Crippen LogP contribution in [0.2, 0.25) is 0 Å². The van der Waals surface area contributed by atoms with Gasteiger partial charge >= 0.3 is 10.1 Å². The van der Waals surface area contributed by atoms with E-state index in [1.165, 1.54) is 24.3 Å². The maximum atomic E-state index is 12.1. The zero-order chi connectivity index (χ0) is 18.0. The molecule has 0 aliphatic carbocycles. The zero-order valence-electron chi connectivity index (χ0n) is 13.7. The highest BCUT2D eigenvalue weighted by Crippen LogP contribution is 2.25.